The molecule has 1 unspecified atom stereocenters. The number of nitrogens with zero attached hydrogens (tertiary/aromatic N) is 4. The maximum atomic E-state index is 5.33. The maximum absolute atomic E-state index is 5.33. The lowest BCUT2D eigenvalue weighted by atomic mass is 10.2. The fourth-order valence-electron chi connectivity index (χ4n) is 3.16. The van der Waals surface area contributed by atoms with E-state index in [4.69, 9.17) is 9.73 Å². The standard InChI is InChI=1S/C22H30N6OS.HI/c1-4-19(20-10-7-13-30-20)26-22(23-11-12-28-16-25-27-21(28)5-2)24-15-17-8-6-9-18(14-17)29-3;/h6-10,13-14,16,19H,4-5,11-12,15H2,1-3H3,(H2,23,24,26);1H. The zero-order valence-corrected chi connectivity index (χ0v) is 21.4. The summed E-state index contributed by atoms with van der Waals surface area (Å²) in [7, 11) is 1.68. The van der Waals surface area contributed by atoms with Crippen molar-refractivity contribution in [1.82, 2.24) is 25.4 Å². The van der Waals surface area contributed by atoms with Gasteiger partial charge < -0.3 is 19.9 Å². The van der Waals surface area contributed by atoms with Crippen LogP contribution < -0.4 is 15.4 Å². The highest BCUT2D eigenvalue weighted by Gasteiger charge is 2.12. The number of aromatic nitrogens is 3. The Hall–Kier alpha value is -2.14. The van der Waals surface area contributed by atoms with E-state index in [2.05, 4.69) is 62.8 Å². The molecule has 0 fully saturated rings. The Labute approximate surface area is 205 Å². The summed E-state index contributed by atoms with van der Waals surface area (Å²) in [4.78, 5) is 6.14. The minimum absolute atomic E-state index is 0. The van der Waals surface area contributed by atoms with Crippen molar-refractivity contribution in [3.63, 3.8) is 0 Å². The first-order valence-corrected chi connectivity index (χ1v) is 11.2. The molecule has 0 saturated heterocycles. The van der Waals surface area contributed by atoms with E-state index >= 15 is 0 Å². The molecule has 31 heavy (non-hydrogen) atoms. The van der Waals surface area contributed by atoms with Gasteiger partial charge in [0.25, 0.3) is 0 Å². The molecule has 0 amide bonds. The van der Waals surface area contributed by atoms with Crippen LogP contribution in [0.15, 0.2) is 53.1 Å². The van der Waals surface area contributed by atoms with Gasteiger partial charge in [-0.3, -0.25) is 0 Å². The molecule has 0 aliphatic heterocycles. The van der Waals surface area contributed by atoms with Crippen LogP contribution in [0.2, 0.25) is 0 Å². The molecule has 3 rings (SSSR count). The molecule has 1 atom stereocenters. The van der Waals surface area contributed by atoms with Crippen LogP contribution >= 0.6 is 35.3 Å². The van der Waals surface area contributed by atoms with Gasteiger partial charge in [0.1, 0.15) is 17.9 Å². The quantitative estimate of drug-likeness (QED) is 0.221. The lowest BCUT2D eigenvalue weighted by Gasteiger charge is -2.20. The highest BCUT2D eigenvalue weighted by Crippen LogP contribution is 2.21. The third kappa shape index (κ3) is 7.49. The summed E-state index contributed by atoms with van der Waals surface area (Å²) < 4.78 is 7.40. The van der Waals surface area contributed by atoms with Crippen molar-refractivity contribution in [1.29, 1.82) is 0 Å². The number of aliphatic imine (C=N–C) groups is 1. The van der Waals surface area contributed by atoms with Crippen molar-refractivity contribution in [2.24, 2.45) is 4.99 Å². The second-order valence-electron chi connectivity index (χ2n) is 6.86. The van der Waals surface area contributed by atoms with Gasteiger partial charge in [-0.05, 0) is 35.6 Å². The van der Waals surface area contributed by atoms with Crippen molar-refractivity contribution in [2.45, 2.75) is 45.8 Å². The summed E-state index contributed by atoms with van der Waals surface area (Å²) in [6.45, 7) is 6.35. The predicted molar refractivity (Wildman–Crippen MR) is 137 cm³/mol. The molecular weight excluding hydrogens is 523 g/mol. The number of thiophene rings is 1. The highest BCUT2D eigenvalue weighted by atomic mass is 127. The number of guanidine groups is 1. The molecule has 2 aromatic heterocycles. The Balaban J connectivity index is 0.00000341. The van der Waals surface area contributed by atoms with Crippen LogP contribution in [0.4, 0.5) is 0 Å². The summed E-state index contributed by atoms with van der Waals surface area (Å²) in [5.41, 5.74) is 1.10. The number of benzene rings is 1. The predicted octanol–water partition coefficient (Wildman–Crippen LogP) is 4.42. The van der Waals surface area contributed by atoms with Crippen LogP contribution in [0.3, 0.4) is 0 Å². The van der Waals surface area contributed by atoms with E-state index in [9.17, 15) is 0 Å². The van der Waals surface area contributed by atoms with Crippen molar-refractivity contribution in [3.05, 3.63) is 64.4 Å². The number of aryl methyl sites for hydroxylation is 1. The summed E-state index contributed by atoms with van der Waals surface area (Å²) in [5.74, 6) is 2.63. The molecule has 9 heteroatoms. The second kappa shape index (κ2) is 13.3. The van der Waals surface area contributed by atoms with Crippen LogP contribution in [0.1, 0.15) is 42.6 Å². The molecule has 0 aliphatic carbocycles. The number of hydrogen-bond donors (Lipinski definition) is 2. The Morgan fingerprint density at radius 3 is 2.84 bits per heavy atom. The number of rotatable bonds is 10. The van der Waals surface area contributed by atoms with Gasteiger partial charge in [0, 0.05) is 24.4 Å². The number of ether oxygens (including phenoxy) is 1. The first-order chi connectivity index (χ1) is 14.7. The molecule has 1 aromatic carbocycles. The van der Waals surface area contributed by atoms with E-state index in [1.165, 1.54) is 4.88 Å². The normalized spacial score (nSPS) is 12.2. The van der Waals surface area contributed by atoms with E-state index in [0.717, 1.165) is 49.0 Å². The highest BCUT2D eigenvalue weighted by molar-refractivity contribution is 14.0. The van der Waals surface area contributed by atoms with E-state index in [0.29, 0.717) is 6.54 Å². The maximum Gasteiger partial charge on any atom is 0.192 e. The van der Waals surface area contributed by atoms with E-state index < -0.39 is 0 Å². The first-order valence-electron chi connectivity index (χ1n) is 10.3. The van der Waals surface area contributed by atoms with Crippen molar-refractivity contribution in [2.75, 3.05) is 13.7 Å². The Morgan fingerprint density at radius 2 is 2.13 bits per heavy atom. The molecule has 0 radical (unpaired) electrons. The largest absolute Gasteiger partial charge is 0.497 e. The molecule has 0 bridgehead atoms. The topological polar surface area (TPSA) is 76.4 Å². The minimum Gasteiger partial charge on any atom is -0.497 e. The first kappa shape index (κ1) is 25.1. The number of hydrogen-bond acceptors (Lipinski definition) is 5. The molecule has 7 nitrogen and oxygen atoms in total. The van der Waals surface area contributed by atoms with Gasteiger partial charge in [-0.25, -0.2) is 4.99 Å². The van der Waals surface area contributed by atoms with Gasteiger partial charge in [0.2, 0.25) is 0 Å². The van der Waals surface area contributed by atoms with Gasteiger partial charge in [-0.1, -0.05) is 32.0 Å². The Morgan fingerprint density at radius 1 is 1.26 bits per heavy atom. The summed E-state index contributed by atoms with van der Waals surface area (Å²) in [6.07, 6.45) is 3.62. The van der Waals surface area contributed by atoms with Gasteiger partial charge in [0.15, 0.2) is 5.96 Å². The molecule has 0 spiro atoms. The van der Waals surface area contributed by atoms with Gasteiger partial charge in [0.05, 0.1) is 19.7 Å². The van der Waals surface area contributed by atoms with E-state index in [-0.39, 0.29) is 30.0 Å². The van der Waals surface area contributed by atoms with E-state index in [1.807, 2.05) is 18.2 Å². The number of methoxy groups -OCH3 is 1. The van der Waals surface area contributed by atoms with Crippen molar-refractivity contribution < 1.29 is 4.74 Å². The molecule has 0 saturated carbocycles. The second-order valence-corrected chi connectivity index (χ2v) is 7.84. The van der Waals surface area contributed by atoms with E-state index in [1.54, 1.807) is 24.8 Å². The fraction of sp³-hybridized carbons (Fsp3) is 0.409. The molecule has 2 heterocycles. The van der Waals surface area contributed by atoms with Gasteiger partial charge >= 0.3 is 0 Å². The third-order valence-corrected chi connectivity index (χ3v) is 5.80. The summed E-state index contributed by atoms with van der Waals surface area (Å²) in [6, 6.07) is 12.5. The van der Waals surface area contributed by atoms with Crippen LogP contribution in [-0.2, 0) is 19.5 Å². The van der Waals surface area contributed by atoms with Crippen LogP contribution in [0, 0.1) is 0 Å². The van der Waals surface area contributed by atoms with Crippen LogP contribution in [0.5, 0.6) is 5.75 Å². The lowest BCUT2D eigenvalue weighted by Crippen LogP contribution is -2.40. The minimum atomic E-state index is 0. The van der Waals surface area contributed by atoms with Crippen molar-refractivity contribution in [3.8, 4) is 5.75 Å². The molecule has 0 aliphatic rings. The Bertz CT molecular complexity index is 928. The fourth-order valence-corrected chi connectivity index (χ4v) is 4.02. The summed E-state index contributed by atoms with van der Waals surface area (Å²) >= 11 is 1.76. The zero-order chi connectivity index (χ0) is 21.2. The molecule has 3 aromatic rings. The Kier molecular flexibility index (Phi) is 10.8. The molecule has 168 valence electrons. The third-order valence-electron chi connectivity index (χ3n) is 4.82. The lowest BCUT2D eigenvalue weighted by molar-refractivity contribution is 0.414. The average Bonchev–Trinajstić information content (AvgIpc) is 3.47. The smallest absolute Gasteiger partial charge is 0.192 e. The summed E-state index contributed by atoms with van der Waals surface area (Å²) in [5, 5.41) is 17.3. The number of halogens is 1. The zero-order valence-electron chi connectivity index (χ0n) is 18.2. The number of nitrogens with one attached hydrogen (secondary N) is 2. The monoisotopic (exact) mass is 554 g/mol. The molecule has 2 N–H and O–H groups in total. The van der Waals surface area contributed by atoms with Gasteiger partial charge in [-0.15, -0.1) is 45.5 Å². The van der Waals surface area contributed by atoms with Gasteiger partial charge in [-0.2, -0.15) is 0 Å². The van der Waals surface area contributed by atoms with Crippen LogP contribution in [0.25, 0.3) is 0 Å². The SMILES string of the molecule is CCc1nncn1CCNC(=NCc1cccc(OC)c1)NC(CC)c1cccs1.I. The van der Waals surface area contributed by atoms with Crippen LogP contribution in [-0.4, -0.2) is 34.4 Å². The molecular formula is C22H31IN6OS. The van der Waals surface area contributed by atoms with Crippen molar-refractivity contribution >= 4 is 41.3 Å². The average molecular weight is 555 g/mol.